The van der Waals surface area contributed by atoms with Crippen LogP contribution in [0.1, 0.15) is 31.2 Å². The number of aliphatic hydroxyl groups is 1. The van der Waals surface area contributed by atoms with E-state index in [1.165, 1.54) is 5.56 Å². The first-order valence-electron chi connectivity index (χ1n) is 7.55. The van der Waals surface area contributed by atoms with Crippen molar-refractivity contribution in [3.63, 3.8) is 0 Å². The molecule has 0 atom stereocenters. The van der Waals surface area contributed by atoms with Crippen molar-refractivity contribution < 1.29 is 14.6 Å². The van der Waals surface area contributed by atoms with Crippen LogP contribution in [0.4, 0.5) is 4.79 Å². The molecule has 5 nitrogen and oxygen atoms in total. The molecule has 0 spiro atoms. The summed E-state index contributed by atoms with van der Waals surface area (Å²) in [7, 11) is 0. The molecule has 1 fully saturated rings. The van der Waals surface area contributed by atoms with E-state index >= 15 is 0 Å². The summed E-state index contributed by atoms with van der Waals surface area (Å²) in [5.41, 5.74) is 1.19. The number of rotatable bonds is 5. The summed E-state index contributed by atoms with van der Waals surface area (Å²) in [6, 6.07) is 7.83. The van der Waals surface area contributed by atoms with Crippen molar-refractivity contribution in [3.8, 4) is 5.75 Å². The Kier molecular flexibility index (Phi) is 5.87. The molecule has 2 amide bonds. The van der Waals surface area contributed by atoms with Crippen molar-refractivity contribution in [3.05, 3.63) is 29.8 Å². The van der Waals surface area contributed by atoms with E-state index in [0.29, 0.717) is 13.2 Å². The Bertz CT molecular complexity index is 439. The van der Waals surface area contributed by atoms with E-state index < -0.39 is 0 Å². The van der Waals surface area contributed by atoms with Crippen LogP contribution in [0, 0.1) is 6.92 Å². The lowest BCUT2D eigenvalue weighted by Gasteiger charge is -2.26. The minimum atomic E-state index is -0.200. The smallest absolute Gasteiger partial charge is 0.315 e. The summed E-state index contributed by atoms with van der Waals surface area (Å²) in [6.45, 7) is 2.94. The van der Waals surface area contributed by atoms with Gasteiger partial charge in [-0.15, -0.1) is 0 Å². The van der Waals surface area contributed by atoms with E-state index in [-0.39, 0.29) is 18.2 Å². The van der Waals surface area contributed by atoms with Crippen LogP contribution in [0.3, 0.4) is 0 Å². The van der Waals surface area contributed by atoms with Gasteiger partial charge in [-0.2, -0.15) is 0 Å². The van der Waals surface area contributed by atoms with E-state index in [1.54, 1.807) is 0 Å². The van der Waals surface area contributed by atoms with Crippen LogP contribution >= 0.6 is 0 Å². The molecule has 0 heterocycles. The Labute approximate surface area is 125 Å². The summed E-state index contributed by atoms with van der Waals surface area (Å²) in [5, 5.41) is 15.1. The van der Waals surface area contributed by atoms with Crippen LogP contribution < -0.4 is 15.4 Å². The van der Waals surface area contributed by atoms with Crippen molar-refractivity contribution >= 4 is 6.03 Å². The Morgan fingerprint density at radius 3 is 2.57 bits per heavy atom. The number of hydrogen-bond acceptors (Lipinski definition) is 3. The number of nitrogens with one attached hydrogen (secondary N) is 2. The van der Waals surface area contributed by atoms with Crippen LogP contribution in [-0.2, 0) is 0 Å². The molecule has 21 heavy (non-hydrogen) atoms. The lowest BCUT2D eigenvalue weighted by atomic mass is 9.93. The first kappa shape index (κ1) is 15.6. The number of carbonyl (C=O) groups is 1. The van der Waals surface area contributed by atoms with Crippen molar-refractivity contribution in [2.45, 2.75) is 44.8 Å². The number of ether oxygens (including phenoxy) is 1. The van der Waals surface area contributed by atoms with Gasteiger partial charge < -0.3 is 20.5 Å². The second-order valence-electron chi connectivity index (χ2n) is 5.57. The maximum atomic E-state index is 11.7. The van der Waals surface area contributed by atoms with E-state index in [4.69, 9.17) is 4.74 Å². The number of urea groups is 1. The summed E-state index contributed by atoms with van der Waals surface area (Å²) in [4.78, 5) is 11.7. The van der Waals surface area contributed by atoms with Gasteiger partial charge >= 0.3 is 6.03 Å². The van der Waals surface area contributed by atoms with E-state index in [0.717, 1.165) is 31.4 Å². The SMILES string of the molecule is Cc1ccc(OCCNC(=O)NC2CCC(O)CC2)cc1. The molecule has 3 N–H and O–H groups in total. The number of aryl methyl sites for hydroxylation is 1. The summed E-state index contributed by atoms with van der Waals surface area (Å²) in [5.74, 6) is 0.809. The average molecular weight is 292 g/mol. The zero-order valence-corrected chi connectivity index (χ0v) is 12.5. The maximum Gasteiger partial charge on any atom is 0.315 e. The first-order valence-corrected chi connectivity index (χ1v) is 7.55. The monoisotopic (exact) mass is 292 g/mol. The molecule has 1 aromatic carbocycles. The zero-order valence-electron chi connectivity index (χ0n) is 12.5. The van der Waals surface area contributed by atoms with E-state index in [9.17, 15) is 9.90 Å². The van der Waals surface area contributed by atoms with E-state index in [2.05, 4.69) is 10.6 Å². The molecule has 1 aromatic rings. The van der Waals surface area contributed by atoms with Crippen molar-refractivity contribution in [2.24, 2.45) is 0 Å². The van der Waals surface area contributed by atoms with Gasteiger partial charge in [-0.05, 0) is 44.7 Å². The molecule has 2 rings (SSSR count). The van der Waals surface area contributed by atoms with Gasteiger partial charge in [0.25, 0.3) is 0 Å². The minimum Gasteiger partial charge on any atom is -0.492 e. The third-order valence-electron chi connectivity index (χ3n) is 3.71. The molecular formula is C16H24N2O3. The normalized spacial score (nSPS) is 21.6. The number of amides is 2. The van der Waals surface area contributed by atoms with Gasteiger partial charge in [0, 0.05) is 6.04 Å². The average Bonchev–Trinajstić information content (AvgIpc) is 2.48. The topological polar surface area (TPSA) is 70.6 Å². The van der Waals surface area contributed by atoms with Crippen molar-refractivity contribution in [2.75, 3.05) is 13.2 Å². The standard InChI is InChI=1S/C16H24N2O3/c1-12-2-8-15(9-3-12)21-11-10-17-16(20)18-13-4-6-14(19)7-5-13/h2-3,8-9,13-14,19H,4-7,10-11H2,1H3,(H2,17,18,20). The predicted molar refractivity (Wildman–Crippen MR) is 81.5 cm³/mol. The van der Waals surface area contributed by atoms with Gasteiger partial charge in [0.2, 0.25) is 0 Å². The third-order valence-corrected chi connectivity index (χ3v) is 3.71. The highest BCUT2D eigenvalue weighted by molar-refractivity contribution is 5.74. The van der Waals surface area contributed by atoms with Crippen LogP contribution in [-0.4, -0.2) is 36.4 Å². The third kappa shape index (κ3) is 5.63. The highest BCUT2D eigenvalue weighted by Crippen LogP contribution is 2.18. The largest absolute Gasteiger partial charge is 0.492 e. The number of hydrogen-bond donors (Lipinski definition) is 3. The molecule has 0 aliphatic heterocycles. The van der Waals surface area contributed by atoms with Gasteiger partial charge in [0.15, 0.2) is 0 Å². The fraction of sp³-hybridized carbons (Fsp3) is 0.562. The van der Waals surface area contributed by atoms with Crippen LogP contribution in [0.2, 0.25) is 0 Å². The Morgan fingerprint density at radius 2 is 1.90 bits per heavy atom. The summed E-state index contributed by atoms with van der Waals surface area (Å²) < 4.78 is 5.54. The molecule has 116 valence electrons. The molecule has 0 aromatic heterocycles. The highest BCUT2D eigenvalue weighted by Gasteiger charge is 2.20. The fourth-order valence-corrected chi connectivity index (χ4v) is 2.42. The van der Waals surface area contributed by atoms with Gasteiger partial charge in [0.1, 0.15) is 12.4 Å². The second-order valence-corrected chi connectivity index (χ2v) is 5.57. The van der Waals surface area contributed by atoms with Gasteiger partial charge in [-0.3, -0.25) is 0 Å². The van der Waals surface area contributed by atoms with Gasteiger partial charge in [-0.25, -0.2) is 4.79 Å². The highest BCUT2D eigenvalue weighted by atomic mass is 16.5. The van der Waals surface area contributed by atoms with Crippen molar-refractivity contribution in [1.82, 2.24) is 10.6 Å². The van der Waals surface area contributed by atoms with Crippen LogP contribution in [0.5, 0.6) is 5.75 Å². The van der Waals surface area contributed by atoms with E-state index in [1.807, 2.05) is 31.2 Å². The number of benzene rings is 1. The minimum absolute atomic E-state index is 0.163. The fourth-order valence-electron chi connectivity index (χ4n) is 2.42. The second kappa shape index (κ2) is 7.88. The molecule has 0 unspecified atom stereocenters. The molecule has 0 saturated heterocycles. The molecule has 0 radical (unpaired) electrons. The molecule has 0 bridgehead atoms. The molecule has 1 aliphatic carbocycles. The number of carbonyl (C=O) groups excluding carboxylic acids is 1. The zero-order chi connectivity index (χ0) is 15.1. The van der Waals surface area contributed by atoms with Gasteiger partial charge in [0.05, 0.1) is 12.6 Å². The maximum absolute atomic E-state index is 11.7. The Morgan fingerprint density at radius 1 is 1.24 bits per heavy atom. The quantitative estimate of drug-likeness (QED) is 0.727. The molecule has 5 heteroatoms. The molecule has 1 saturated carbocycles. The van der Waals surface area contributed by atoms with Crippen molar-refractivity contribution in [1.29, 1.82) is 0 Å². The van der Waals surface area contributed by atoms with Gasteiger partial charge in [-0.1, -0.05) is 17.7 Å². The summed E-state index contributed by atoms with van der Waals surface area (Å²) >= 11 is 0. The molecule has 1 aliphatic rings. The van der Waals surface area contributed by atoms with Crippen LogP contribution in [0.15, 0.2) is 24.3 Å². The Balaban J connectivity index is 1.58. The first-order chi connectivity index (χ1) is 10.1. The van der Waals surface area contributed by atoms with Crippen LogP contribution in [0.25, 0.3) is 0 Å². The molecular weight excluding hydrogens is 268 g/mol. The predicted octanol–water partition coefficient (Wildman–Crippen LogP) is 1.98. The summed E-state index contributed by atoms with van der Waals surface area (Å²) in [6.07, 6.45) is 3.01. The lowest BCUT2D eigenvalue weighted by Crippen LogP contribution is -2.45. The lowest BCUT2D eigenvalue weighted by molar-refractivity contribution is 0.117. The Hall–Kier alpha value is -1.75. The number of aliphatic hydroxyl groups excluding tert-OH is 1.